The monoisotopic (exact) mass is 368 g/mol. The number of likely N-dealkylation sites (N-methyl/N-ethyl adjacent to an activating group) is 1. The van der Waals surface area contributed by atoms with Gasteiger partial charge in [-0.2, -0.15) is 0 Å². The lowest BCUT2D eigenvalue weighted by atomic mass is 10.2. The third kappa shape index (κ3) is 4.68. The lowest BCUT2D eigenvalue weighted by Crippen LogP contribution is -2.36. The molecule has 0 aliphatic carbocycles. The molecule has 3 rings (SSSR count). The predicted molar refractivity (Wildman–Crippen MR) is 107 cm³/mol. The minimum absolute atomic E-state index is 0.0128. The SMILES string of the molecule is CSc1ccc(CN(C)CC(=O)N[C@@H](C)c2cc3ccccc3o2)cc1. The van der Waals surface area contributed by atoms with Crippen molar-refractivity contribution in [2.24, 2.45) is 0 Å². The van der Waals surface area contributed by atoms with Crippen LogP contribution in [0.3, 0.4) is 0 Å². The second-order valence-corrected chi connectivity index (χ2v) is 7.38. The second-order valence-electron chi connectivity index (χ2n) is 6.50. The fraction of sp³-hybridized carbons (Fsp3) is 0.286. The molecule has 0 unspecified atom stereocenters. The Bertz CT molecular complexity index is 840. The summed E-state index contributed by atoms with van der Waals surface area (Å²) in [6.45, 7) is 3.02. The minimum Gasteiger partial charge on any atom is -0.459 e. The molecule has 0 radical (unpaired) electrons. The van der Waals surface area contributed by atoms with E-state index in [1.54, 1.807) is 11.8 Å². The van der Waals surface area contributed by atoms with Gasteiger partial charge in [-0.3, -0.25) is 9.69 Å². The highest BCUT2D eigenvalue weighted by Gasteiger charge is 2.15. The van der Waals surface area contributed by atoms with Crippen LogP contribution in [0, 0.1) is 0 Å². The van der Waals surface area contributed by atoms with Gasteiger partial charge in [0.15, 0.2) is 0 Å². The molecule has 0 saturated carbocycles. The highest BCUT2D eigenvalue weighted by atomic mass is 32.2. The number of furan rings is 1. The van der Waals surface area contributed by atoms with Crippen LogP contribution in [0.5, 0.6) is 0 Å². The molecule has 0 aliphatic rings. The van der Waals surface area contributed by atoms with Crippen LogP contribution in [0.4, 0.5) is 0 Å². The second kappa shape index (κ2) is 8.43. The number of rotatable bonds is 7. The third-order valence-corrected chi connectivity index (χ3v) is 5.02. The van der Waals surface area contributed by atoms with Crippen molar-refractivity contribution in [3.63, 3.8) is 0 Å². The van der Waals surface area contributed by atoms with Gasteiger partial charge in [0, 0.05) is 16.8 Å². The first kappa shape index (κ1) is 18.5. The van der Waals surface area contributed by atoms with Gasteiger partial charge >= 0.3 is 0 Å². The summed E-state index contributed by atoms with van der Waals surface area (Å²) >= 11 is 1.73. The summed E-state index contributed by atoms with van der Waals surface area (Å²) in [5.74, 6) is 0.760. The van der Waals surface area contributed by atoms with Crippen LogP contribution in [0.25, 0.3) is 11.0 Å². The molecule has 0 bridgehead atoms. The van der Waals surface area contributed by atoms with E-state index in [4.69, 9.17) is 4.42 Å². The van der Waals surface area contributed by atoms with Crippen molar-refractivity contribution in [2.75, 3.05) is 19.8 Å². The first-order chi connectivity index (χ1) is 12.5. The lowest BCUT2D eigenvalue weighted by Gasteiger charge is -2.18. The maximum absolute atomic E-state index is 12.3. The fourth-order valence-corrected chi connectivity index (χ4v) is 3.33. The van der Waals surface area contributed by atoms with Gasteiger partial charge in [-0.25, -0.2) is 0 Å². The van der Waals surface area contributed by atoms with E-state index in [-0.39, 0.29) is 11.9 Å². The molecule has 3 aromatic rings. The minimum atomic E-state index is -0.163. The van der Waals surface area contributed by atoms with Gasteiger partial charge in [0.25, 0.3) is 0 Å². The average molecular weight is 369 g/mol. The quantitative estimate of drug-likeness (QED) is 0.625. The molecule has 0 fully saturated rings. The molecule has 5 heteroatoms. The molecule has 1 atom stereocenters. The number of amides is 1. The van der Waals surface area contributed by atoms with Crippen LogP contribution < -0.4 is 5.32 Å². The number of hydrogen-bond donors (Lipinski definition) is 1. The van der Waals surface area contributed by atoms with Crippen molar-refractivity contribution in [3.8, 4) is 0 Å². The van der Waals surface area contributed by atoms with E-state index in [2.05, 4.69) is 35.8 Å². The summed E-state index contributed by atoms with van der Waals surface area (Å²) in [5, 5.41) is 4.06. The molecule has 136 valence electrons. The Kier molecular flexibility index (Phi) is 6.01. The Labute approximate surface area is 158 Å². The zero-order chi connectivity index (χ0) is 18.5. The molecule has 1 N–H and O–H groups in total. The molecule has 2 aromatic carbocycles. The number of thioether (sulfide) groups is 1. The Morgan fingerprint density at radius 2 is 1.92 bits per heavy atom. The number of nitrogens with one attached hydrogen (secondary N) is 1. The largest absolute Gasteiger partial charge is 0.459 e. The van der Waals surface area contributed by atoms with Crippen LogP contribution in [0.15, 0.2) is 63.9 Å². The van der Waals surface area contributed by atoms with Gasteiger partial charge < -0.3 is 9.73 Å². The zero-order valence-electron chi connectivity index (χ0n) is 15.4. The Hall–Kier alpha value is -2.24. The molecule has 1 aromatic heterocycles. The molecule has 0 saturated heterocycles. The van der Waals surface area contributed by atoms with Gasteiger partial charge in [0.2, 0.25) is 5.91 Å². The lowest BCUT2D eigenvalue weighted by molar-refractivity contribution is -0.122. The van der Waals surface area contributed by atoms with E-state index in [1.165, 1.54) is 10.5 Å². The number of fused-ring (bicyclic) bond motifs is 1. The molecule has 0 aliphatic heterocycles. The first-order valence-electron chi connectivity index (χ1n) is 8.64. The smallest absolute Gasteiger partial charge is 0.234 e. The summed E-state index contributed by atoms with van der Waals surface area (Å²) in [4.78, 5) is 15.6. The normalized spacial score (nSPS) is 12.5. The maximum Gasteiger partial charge on any atom is 0.234 e. The molecule has 26 heavy (non-hydrogen) atoms. The van der Waals surface area contributed by atoms with Crippen molar-refractivity contribution in [1.29, 1.82) is 0 Å². The predicted octanol–water partition coefficient (Wildman–Crippen LogP) is 4.46. The van der Waals surface area contributed by atoms with Crippen LogP contribution in [-0.4, -0.2) is 30.7 Å². The zero-order valence-corrected chi connectivity index (χ0v) is 16.2. The average Bonchev–Trinajstić information content (AvgIpc) is 3.06. The van der Waals surface area contributed by atoms with E-state index < -0.39 is 0 Å². The fourth-order valence-electron chi connectivity index (χ4n) is 2.92. The molecule has 1 heterocycles. The van der Waals surface area contributed by atoms with Crippen molar-refractivity contribution in [1.82, 2.24) is 10.2 Å². The highest BCUT2D eigenvalue weighted by Crippen LogP contribution is 2.23. The molecule has 0 spiro atoms. The van der Waals surface area contributed by atoms with Gasteiger partial charge in [-0.05, 0) is 50.1 Å². The van der Waals surface area contributed by atoms with Crippen LogP contribution in [0.1, 0.15) is 24.3 Å². The number of hydrogen-bond acceptors (Lipinski definition) is 4. The van der Waals surface area contributed by atoms with Gasteiger partial charge in [-0.1, -0.05) is 30.3 Å². The molecule has 4 nitrogen and oxygen atoms in total. The standard InChI is InChI=1S/C21H24N2O2S/c1-15(20-12-17-6-4-5-7-19(17)25-20)22-21(24)14-23(2)13-16-8-10-18(26-3)11-9-16/h4-12,15H,13-14H2,1-3H3,(H,22,24)/t15-/m0/s1. The Morgan fingerprint density at radius 3 is 2.62 bits per heavy atom. The summed E-state index contributed by atoms with van der Waals surface area (Å²) in [7, 11) is 1.95. The number of benzene rings is 2. The summed E-state index contributed by atoms with van der Waals surface area (Å²) < 4.78 is 5.82. The summed E-state index contributed by atoms with van der Waals surface area (Å²) in [6, 6.07) is 18.1. The topological polar surface area (TPSA) is 45.5 Å². The molecular weight excluding hydrogens is 344 g/mol. The van der Waals surface area contributed by atoms with Gasteiger partial charge in [0.1, 0.15) is 11.3 Å². The Balaban J connectivity index is 1.53. The van der Waals surface area contributed by atoms with E-state index in [1.807, 2.05) is 49.2 Å². The summed E-state index contributed by atoms with van der Waals surface area (Å²) in [6.07, 6.45) is 2.06. The van der Waals surface area contributed by atoms with Crippen molar-refractivity contribution in [3.05, 3.63) is 65.9 Å². The number of para-hydroxylation sites is 1. The summed E-state index contributed by atoms with van der Waals surface area (Å²) in [5.41, 5.74) is 2.04. The number of carbonyl (C=O) groups excluding carboxylic acids is 1. The molecular formula is C21H24N2O2S. The highest BCUT2D eigenvalue weighted by molar-refractivity contribution is 7.98. The van der Waals surface area contributed by atoms with Gasteiger partial charge in [-0.15, -0.1) is 11.8 Å². The molecule has 1 amide bonds. The van der Waals surface area contributed by atoms with E-state index in [0.29, 0.717) is 6.54 Å². The van der Waals surface area contributed by atoms with Crippen molar-refractivity contribution < 1.29 is 9.21 Å². The van der Waals surface area contributed by atoms with E-state index >= 15 is 0 Å². The maximum atomic E-state index is 12.3. The Morgan fingerprint density at radius 1 is 1.19 bits per heavy atom. The van der Waals surface area contributed by atoms with Crippen molar-refractivity contribution >= 4 is 28.6 Å². The number of nitrogens with zero attached hydrogens (tertiary/aromatic N) is 1. The first-order valence-corrected chi connectivity index (χ1v) is 9.87. The van der Waals surface area contributed by atoms with Crippen LogP contribution >= 0.6 is 11.8 Å². The van der Waals surface area contributed by atoms with Crippen LogP contribution in [0.2, 0.25) is 0 Å². The van der Waals surface area contributed by atoms with E-state index in [0.717, 1.165) is 23.3 Å². The van der Waals surface area contributed by atoms with Gasteiger partial charge in [0.05, 0.1) is 12.6 Å². The van der Waals surface area contributed by atoms with Crippen LogP contribution in [-0.2, 0) is 11.3 Å². The van der Waals surface area contributed by atoms with Crippen molar-refractivity contribution in [2.45, 2.75) is 24.4 Å². The number of carbonyl (C=O) groups is 1. The third-order valence-electron chi connectivity index (χ3n) is 4.27. The van der Waals surface area contributed by atoms with E-state index in [9.17, 15) is 4.79 Å².